The standard InChI is InChI=1S/C19H13ClF3N3OS/c20-14-6-13(9-24)7-15(8-14)28-18-17(19(21,22)23)25-16(26-18)11-27-10-12-4-2-1-3-5-12/h1-8H,10-11H2,(H,25,26). The minimum Gasteiger partial charge on any atom is -0.369 e. The van der Waals surface area contributed by atoms with Gasteiger partial charge in [-0.3, -0.25) is 0 Å². The highest BCUT2D eigenvalue weighted by molar-refractivity contribution is 7.99. The third-order valence-corrected chi connectivity index (χ3v) is 4.75. The first-order valence-corrected chi connectivity index (χ1v) is 9.21. The predicted molar refractivity (Wildman–Crippen MR) is 98.8 cm³/mol. The van der Waals surface area contributed by atoms with Crippen LogP contribution in [0.4, 0.5) is 13.2 Å². The smallest absolute Gasteiger partial charge is 0.369 e. The number of rotatable bonds is 6. The molecule has 3 aromatic rings. The summed E-state index contributed by atoms with van der Waals surface area (Å²) >= 11 is 6.73. The van der Waals surface area contributed by atoms with E-state index in [1.807, 2.05) is 36.4 Å². The van der Waals surface area contributed by atoms with Gasteiger partial charge in [-0.05, 0) is 23.8 Å². The largest absolute Gasteiger partial charge is 0.436 e. The average Bonchev–Trinajstić information content (AvgIpc) is 3.05. The second-order valence-corrected chi connectivity index (χ2v) is 7.25. The van der Waals surface area contributed by atoms with Crippen LogP contribution in [0, 0.1) is 11.3 Å². The van der Waals surface area contributed by atoms with E-state index in [0.29, 0.717) is 4.90 Å². The lowest BCUT2D eigenvalue weighted by Crippen LogP contribution is -2.07. The molecule has 0 amide bonds. The lowest BCUT2D eigenvalue weighted by molar-refractivity contribution is -0.143. The highest BCUT2D eigenvalue weighted by atomic mass is 35.5. The number of ether oxygens (including phenoxy) is 1. The fourth-order valence-electron chi connectivity index (χ4n) is 2.38. The maximum Gasteiger partial charge on any atom is 0.436 e. The van der Waals surface area contributed by atoms with Gasteiger partial charge in [0.05, 0.1) is 18.2 Å². The molecular weight excluding hydrogens is 411 g/mol. The van der Waals surface area contributed by atoms with Gasteiger partial charge >= 0.3 is 6.18 Å². The molecule has 0 spiro atoms. The van der Waals surface area contributed by atoms with Gasteiger partial charge in [-0.15, -0.1) is 0 Å². The summed E-state index contributed by atoms with van der Waals surface area (Å²) < 4.78 is 45.5. The SMILES string of the molecule is N#Cc1cc(Cl)cc(Sc2[nH]c(COCc3ccccc3)nc2C(F)(F)F)c1. The van der Waals surface area contributed by atoms with E-state index in [2.05, 4.69) is 9.97 Å². The molecule has 0 unspecified atom stereocenters. The number of nitrogens with zero attached hydrogens (tertiary/aromatic N) is 2. The van der Waals surface area contributed by atoms with Crippen LogP contribution in [-0.2, 0) is 24.1 Å². The Morgan fingerprint density at radius 3 is 2.57 bits per heavy atom. The lowest BCUT2D eigenvalue weighted by atomic mass is 10.2. The fourth-order valence-corrected chi connectivity index (χ4v) is 3.72. The highest BCUT2D eigenvalue weighted by Crippen LogP contribution is 2.39. The molecule has 0 fully saturated rings. The highest BCUT2D eigenvalue weighted by Gasteiger charge is 2.37. The number of hydrogen-bond donors (Lipinski definition) is 1. The Bertz CT molecular complexity index is 1000. The van der Waals surface area contributed by atoms with Gasteiger partial charge in [-0.25, -0.2) is 4.98 Å². The predicted octanol–water partition coefficient (Wildman–Crippen LogP) is 5.82. The Hall–Kier alpha value is -2.47. The number of alkyl halides is 3. The molecule has 1 aromatic heterocycles. The van der Waals surface area contributed by atoms with Crippen LogP contribution in [0.15, 0.2) is 58.5 Å². The molecular formula is C19H13ClF3N3OS. The van der Waals surface area contributed by atoms with Gasteiger partial charge in [0.1, 0.15) is 17.5 Å². The van der Waals surface area contributed by atoms with Crippen LogP contribution < -0.4 is 0 Å². The number of imidazole rings is 1. The first-order chi connectivity index (χ1) is 13.3. The van der Waals surface area contributed by atoms with Crippen molar-refractivity contribution < 1.29 is 17.9 Å². The Morgan fingerprint density at radius 2 is 1.89 bits per heavy atom. The van der Waals surface area contributed by atoms with Crippen LogP contribution in [0.3, 0.4) is 0 Å². The lowest BCUT2D eigenvalue weighted by Gasteiger charge is -2.06. The molecule has 0 aliphatic rings. The summed E-state index contributed by atoms with van der Waals surface area (Å²) in [5, 5.41) is 9.08. The van der Waals surface area contributed by atoms with Gasteiger partial charge in [0.25, 0.3) is 0 Å². The number of benzene rings is 2. The Kier molecular flexibility index (Phi) is 6.29. The summed E-state index contributed by atoms with van der Waals surface area (Å²) in [6.07, 6.45) is -4.63. The van der Waals surface area contributed by atoms with Gasteiger partial charge in [0, 0.05) is 9.92 Å². The zero-order valence-electron chi connectivity index (χ0n) is 14.3. The Balaban J connectivity index is 1.78. The third-order valence-electron chi connectivity index (χ3n) is 3.56. The summed E-state index contributed by atoms with van der Waals surface area (Å²) in [7, 11) is 0. The number of nitriles is 1. The number of hydrogen-bond acceptors (Lipinski definition) is 4. The molecule has 3 rings (SSSR count). The van der Waals surface area contributed by atoms with E-state index in [1.165, 1.54) is 18.2 Å². The Morgan fingerprint density at radius 1 is 1.14 bits per heavy atom. The second-order valence-electron chi connectivity index (χ2n) is 5.73. The molecule has 0 bridgehead atoms. The van der Waals surface area contributed by atoms with Gasteiger partial charge in [0.2, 0.25) is 0 Å². The number of H-pyrrole nitrogens is 1. The van der Waals surface area contributed by atoms with Gasteiger partial charge < -0.3 is 9.72 Å². The molecule has 0 atom stereocenters. The number of nitrogens with one attached hydrogen (secondary N) is 1. The van der Waals surface area contributed by atoms with Crippen LogP contribution in [0.5, 0.6) is 0 Å². The van der Waals surface area contributed by atoms with E-state index in [1.54, 1.807) is 0 Å². The van der Waals surface area contributed by atoms with Crippen molar-refractivity contribution in [2.24, 2.45) is 0 Å². The van der Waals surface area contributed by atoms with Crippen molar-refractivity contribution in [1.29, 1.82) is 5.26 Å². The maximum absolute atomic E-state index is 13.4. The van der Waals surface area contributed by atoms with E-state index < -0.39 is 11.9 Å². The van der Waals surface area contributed by atoms with E-state index in [4.69, 9.17) is 21.6 Å². The minimum atomic E-state index is -4.63. The fraction of sp³-hybridized carbons (Fsp3) is 0.158. The quantitative estimate of drug-likeness (QED) is 0.542. The molecule has 0 saturated carbocycles. The molecule has 28 heavy (non-hydrogen) atoms. The zero-order chi connectivity index (χ0) is 20.1. The van der Waals surface area contributed by atoms with Gasteiger partial charge in [0.15, 0.2) is 5.69 Å². The third kappa shape index (κ3) is 5.29. The first kappa shape index (κ1) is 20.3. The van der Waals surface area contributed by atoms with Crippen molar-refractivity contribution >= 4 is 23.4 Å². The van der Waals surface area contributed by atoms with Crippen molar-refractivity contribution in [2.45, 2.75) is 29.3 Å². The minimum absolute atomic E-state index is 0.0632. The second kappa shape index (κ2) is 8.69. The van der Waals surface area contributed by atoms with E-state index in [9.17, 15) is 13.2 Å². The van der Waals surface area contributed by atoms with Crippen molar-refractivity contribution in [3.63, 3.8) is 0 Å². The normalized spacial score (nSPS) is 11.4. The molecule has 144 valence electrons. The van der Waals surface area contributed by atoms with E-state index in [-0.39, 0.29) is 34.7 Å². The van der Waals surface area contributed by atoms with Gasteiger partial charge in [-0.1, -0.05) is 53.7 Å². The van der Waals surface area contributed by atoms with Crippen LogP contribution >= 0.6 is 23.4 Å². The monoisotopic (exact) mass is 423 g/mol. The summed E-state index contributed by atoms with van der Waals surface area (Å²) in [6, 6.07) is 15.6. The molecule has 2 aromatic carbocycles. The molecule has 1 heterocycles. The summed E-state index contributed by atoms with van der Waals surface area (Å²) in [5.74, 6) is 0.0632. The van der Waals surface area contributed by atoms with Crippen molar-refractivity contribution in [1.82, 2.24) is 9.97 Å². The summed E-state index contributed by atoms with van der Waals surface area (Å²) in [6.45, 7) is 0.155. The average molecular weight is 424 g/mol. The number of aromatic amines is 1. The van der Waals surface area contributed by atoms with E-state index >= 15 is 0 Å². The summed E-state index contributed by atoms with van der Waals surface area (Å²) in [5.41, 5.74) is 0.131. The van der Waals surface area contributed by atoms with Crippen LogP contribution in [0.25, 0.3) is 0 Å². The molecule has 0 saturated heterocycles. The Labute approximate surface area is 168 Å². The van der Waals surface area contributed by atoms with Crippen LogP contribution in [0.1, 0.15) is 22.6 Å². The van der Waals surface area contributed by atoms with Crippen molar-refractivity contribution in [3.8, 4) is 6.07 Å². The summed E-state index contributed by atoms with van der Waals surface area (Å²) in [4.78, 5) is 6.71. The maximum atomic E-state index is 13.4. The molecule has 1 N–H and O–H groups in total. The van der Waals surface area contributed by atoms with E-state index in [0.717, 1.165) is 17.3 Å². The first-order valence-electron chi connectivity index (χ1n) is 8.01. The van der Waals surface area contributed by atoms with Crippen molar-refractivity contribution in [3.05, 3.63) is 76.2 Å². The van der Waals surface area contributed by atoms with Gasteiger partial charge in [-0.2, -0.15) is 18.4 Å². The zero-order valence-corrected chi connectivity index (χ0v) is 15.8. The molecule has 0 aliphatic heterocycles. The topological polar surface area (TPSA) is 61.7 Å². The molecule has 0 aliphatic carbocycles. The number of aromatic nitrogens is 2. The molecule has 9 heteroatoms. The van der Waals surface area contributed by atoms with Crippen molar-refractivity contribution in [2.75, 3.05) is 0 Å². The van der Waals surface area contributed by atoms with Crippen LogP contribution in [0.2, 0.25) is 5.02 Å². The van der Waals surface area contributed by atoms with Crippen LogP contribution in [-0.4, -0.2) is 9.97 Å². The molecule has 0 radical (unpaired) electrons. The molecule has 4 nitrogen and oxygen atoms in total. The number of halogens is 4.